The molecule has 4 nitrogen and oxygen atoms in total. The molecule has 0 unspecified atom stereocenters. The highest BCUT2D eigenvalue weighted by Crippen LogP contribution is 2.38. The highest BCUT2D eigenvalue weighted by atomic mass is 19.1. The molecule has 1 saturated carbocycles. The fourth-order valence-electron chi connectivity index (χ4n) is 3.03. The monoisotopic (exact) mass is 285 g/mol. The van der Waals surface area contributed by atoms with E-state index in [1.54, 1.807) is 17.0 Å². The van der Waals surface area contributed by atoms with Gasteiger partial charge in [0.15, 0.2) is 0 Å². The minimum atomic E-state index is -0.314. The number of rotatable bonds is 2. The number of carbonyl (C=O) groups excluding carboxylic acids is 1. The fourth-order valence-corrected chi connectivity index (χ4v) is 3.03. The fraction of sp³-hybridized carbons (Fsp3) is 0.312. The Morgan fingerprint density at radius 3 is 2.86 bits per heavy atom. The second kappa shape index (κ2) is 4.35. The molecule has 108 valence electrons. The van der Waals surface area contributed by atoms with Gasteiger partial charge in [0, 0.05) is 18.8 Å². The van der Waals surface area contributed by atoms with Gasteiger partial charge in [-0.2, -0.15) is 0 Å². The third kappa shape index (κ3) is 2.00. The number of anilines is 2. The number of halogens is 1. The molecule has 1 aliphatic carbocycles. The highest BCUT2D eigenvalue weighted by Gasteiger charge is 2.32. The van der Waals surface area contributed by atoms with E-state index in [1.165, 1.54) is 12.1 Å². The van der Waals surface area contributed by atoms with Crippen LogP contribution in [0.2, 0.25) is 0 Å². The molecular formula is C16H16FN3O. The van der Waals surface area contributed by atoms with Gasteiger partial charge in [-0.15, -0.1) is 0 Å². The maximum absolute atomic E-state index is 13.5. The van der Waals surface area contributed by atoms with Crippen molar-refractivity contribution >= 4 is 17.3 Å². The van der Waals surface area contributed by atoms with E-state index in [1.807, 2.05) is 10.8 Å². The molecule has 2 N–H and O–H groups in total. The lowest BCUT2D eigenvalue weighted by molar-refractivity contribution is 0.0980. The van der Waals surface area contributed by atoms with Gasteiger partial charge in [0.1, 0.15) is 11.5 Å². The van der Waals surface area contributed by atoms with Crippen LogP contribution in [0.25, 0.3) is 0 Å². The van der Waals surface area contributed by atoms with Crippen LogP contribution in [0.1, 0.15) is 34.9 Å². The molecule has 2 aliphatic rings. The Morgan fingerprint density at radius 2 is 2.10 bits per heavy atom. The van der Waals surface area contributed by atoms with Gasteiger partial charge in [-0.1, -0.05) is 6.07 Å². The van der Waals surface area contributed by atoms with E-state index in [0.29, 0.717) is 29.7 Å². The molecule has 21 heavy (non-hydrogen) atoms. The van der Waals surface area contributed by atoms with Crippen molar-refractivity contribution in [3.63, 3.8) is 0 Å². The summed E-state index contributed by atoms with van der Waals surface area (Å²) in [4.78, 5) is 14.5. The number of hydrogen-bond acceptors (Lipinski definition) is 2. The highest BCUT2D eigenvalue weighted by molar-refractivity contribution is 6.07. The normalized spacial score (nSPS) is 17.1. The van der Waals surface area contributed by atoms with Gasteiger partial charge in [-0.25, -0.2) is 4.39 Å². The predicted octanol–water partition coefficient (Wildman–Crippen LogP) is 2.75. The molecule has 1 aromatic heterocycles. The zero-order valence-corrected chi connectivity index (χ0v) is 11.6. The van der Waals surface area contributed by atoms with Crippen LogP contribution in [0.3, 0.4) is 0 Å². The van der Waals surface area contributed by atoms with Gasteiger partial charge >= 0.3 is 0 Å². The summed E-state index contributed by atoms with van der Waals surface area (Å²) in [6.45, 7) is 0.591. The SMILES string of the molecule is Nc1cc(C(=O)N2CCc3ccc(F)cc32)n(C2CC2)c1. The summed E-state index contributed by atoms with van der Waals surface area (Å²) < 4.78 is 15.4. The summed E-state index contributed by atoms with van der Waals surface area (Å²) in [7, 11) is 0. The Morgan fingerprint density at radius 1 is 1.29 bits per heavy atom. The van der Waals surface area contributed by atoms with Crippen molar-refractivity contribution in [2.45, 2.75) is 25.3 Å². The molecule has 0 radical (unpaired) electrons. The van der Waals surface area contributed by atoms with Crippen molar-refractivity contribution in [1.82, 2.24) is 4.57 Å². The van der Waals surface area contributed by atoms with Gasteiger partial charge in [-0.3, -0.25) is 4.79 Å². The standard InChI is InChI=1S/C16H16FN3O/c17-11-2-1-10-5-6-19(14(10)7-11)16(21)15-8-12(18)9-20(15)13-3-4-13/h1-2,7-9,13H,3-6,18H2. The van der Waals surface area contributed by atoms with Crippen LogP contribution in [0.5, 0.6) is 0 Å². The number of amides is 1. The molecule has 0 atom stereocenters. The first kappa shape index (κ1) is 12.4. The third-order valence-corrected chi connectivity index (χ3v) is 4.22. The third-order valence-electron chi connectivity index (χ3n) is 4.22. The van der Waals surface area contributed by atoms with Crippen molar-refractivity contribution in [3.8, 4) is 0 Å². The lowest BCUT2D eigenvalue weighted by Crippen LogP contribution is -2.30. The number of aromatic nitrogens is 1. The maximum atomic E-state index is 13.5. The van der Waals surface area contributed by atoms with Crippen LogP contribution >= 0.6 is 0 Å². The van der Waals surface area contributed by atoms with Gasteiger partial charge in [0.25, 0.3) is 5.91 Å². The van der Waals surface area contributed by atoms with Crippen LogP contribution in [0.4, 0.5) is 15.8 Å². The van der Waals surface area contributed by atoms with Gasteiger partial charge in [-0.05, 0) is 43.0 Å². The van der Waals surface area contributed by atoms with Crippen molar-refractivity contribution in [1.29, 1.82) is 0 Å². The molecule has 1 amide bonds. The summed E-state index contributed by atoms with van der Waals surface area (Å²) in [5, 5.41) is 0. The number of hydrogen-bond donors (Lipinski definition) is 1. The first-order chi connectivity index (χ1) is 10.1. The molecule has 0 saturated heterocycles. The molecule has 0 bridgehead atoms. The van der Waals surface area contributed by atoms with Crippen LogP contribution in [-0.2, 0) is 6.42 Å². The molecule has 2 aromatic rings. The Bertz CT molecular complexity index is 733. The summed E-state index contributed by atoms with van der Waals surface area (Å²) in [5.74, 6) is -0.409. The average molecular weight is 285 g/mol. The van der Waals surface area contributed by atoms with E-state index in [9.17, 15) is 9.18 Å². The topological polar surface area (TPSA) is 51.3 Å². The van der Waals surface area contributed by atoms with Crippen molar-refractivity contribution in [2.24, 2.45) is 0 Å². The van der Waals surface area contributed by atoms with E-state index >= 15 is 0 Å². The maximum Gasteiger partial charge on any atom is 0.274 e. The zero-order chi connectivity index (χ0) is 14.6. The zero-order valence-electron chi connectivity index (χ0n) is 11.6. The lowest BCUT2D eigenvalue weighted by atomic mass is 10.1. The summed E-state index contributed by atoms with van der Waals surface area (Å²) in [6.07, 6.45) is 4.76. The second-order valence-corrected chi connectivity index (χ2v) is 5.78. The van der Waals surface area contributed by atoms with E-state index in [2.05, 4.69) is 0 Å². The number of nitrogens with zero attached hydrogens (tertiary/aromatic N) is 2. The van der Waals surface area contributed by atoms with E-state index in [4.69, 9.17) is 5.73 Å². The molecule has 1 fully saturated rings. The number of carbonyl (C=O) groups is 1. The van der Waals surface area contributed by atoms with Gasteiger partial charge < -0.3 is 15.2 Å². The van der Waals surface area contributed by atoms with Gasteiger partial charge in [0.05, 0.1) is 11.4 Å². The number of nitrogen functional groups attached to an aromatic ring is 1. The smallest absolute Gasteiger partial charge is 0.274 e. The molecule has 1 aromatic carbocycles. The van der Waals surface area contributed by atoms with Crippen LogP contribution in [-0.4, -0.2) is 17.0 Å². The minimum Gasteiger partial charge on any atom is -0.397 e. The average Bonchev–Trinajstić information content (AvgIpc) is 3.11. The number of nitrogens with two attached hydrogens (primary N) is 1. The van der Waals surface area contributed by atoms with Crippen LogP contribution < -0.4 is 10.6 Å². The second-order valence-electron chi connectivity index (χ2n) is 5.78. The molecule has 0 spiro atoms. The molecule has 1 aliphatic heterocycles. The lowest BCUT2D eigenvalue weighted by Gasteiger charge is -2.18. The van der Waals surface area contributed by atoms with Crippen molar-refractivity contribution in [2.75, 3.05) is 17.2 Å². The largest absolute Gasteiger partial charge is 0.397 e. The first-order valence-corrected chi connectivity index (χ1v) is 7.21. The Kier molecular flexibility index (Phi) is 2.58. The van der Waals surface area contributed by atoms with Gasteiger partial charge in [0.2, 0.25) is 0 Å². The summed E-state index contributed by atoms with van der Waals surface area (Å²) in [6, 6.07) is 6.74. The van der Waals surface area contributed by atoms with Crippen LogP contribution in [0.15, 0.2) is 30.5 Å². The predicted molar refractivity (Wildman–Crippen MR) is 78.9 cm³/mol. The van der Waals surface area contributed by atoms with E-state index < -0.39 is 0 Å². The van der Waals surface area contributed by atoms with Crippen LogP contribution in [0, 0.1) is 5.82 Å². The quantitative estimate of drug-likeness (QED) is 0.922. The Labute approximate surface area is 122 Å². The molecular weight excluding hydrogens is 269 g/mol. The minimum absolute atomic E-state index is 0.0945. The molecule has 4 rings (SSSR count). The van der Waals surface area contributed by atoms with Crippen molar-refractivity contribution in [3.05, 3.63) is 47.5 Å². The van der Waals surface area contributed by atoms with E-state index in [-0.39, 0.29) is 11.7 Å². The Balaban J connectivity index is 1.72. The number of benzene rings is 1. The first-order valence-electron chi connectivity index (χ1n) is 7.21. The summed E-state index contributed by atoms with van der Waals surface area (Å²) >= 11 is 0. The van der Waals surface area contributed by atoms with E-state index in [0.717, 1.165) is 24.8 Å². The molecule has 2 heterocycles. The number of fused-ring (bicyclic) bond motifs is 1. The Hall–Kier alpha value is -2.30. The van der Waals surface area contributed by atoms with Crippen molar-refractivity contribution < 1.29 is 9.18 Å². The summed E-state index contributed by atoms with van der Waals surface area (Å²) in [5.41, 5.74) is 8.75. The molecule has 5 heteroatoms.